The minimum Gasteiger partial charge on any atom is -0.444 e. The summed E-state index contributed by atoms with van der Waals surface area (Å²) >= 11 is 1.56. The molecule has 1 aliphatic heterocycles. The second kappa shape index (κ2) is 11.2. The number of nitrogens with zero attached hydrogens (tertiary/aromatic N) is 5. The smallest absolute Gasteiger partial charge is 0.410 e. The molecule has 10 heteroatoms. The zero-order chi connectivity index (χ0) is 26.7. The molecule has 1 saturated carbocycles. The van der Waals surface area contributed by atoms with Crippen LogP contribution in [0.15, 0.2) is 36.5 Å². The lowest BCUT2D eigenvalue weighted by molar-refractivity contribution is 0.0240. The number of carbonyl (C=O) groups excluding carboxylic acids is 1. The van der Waals surface area contributed by atoms with Gasteiger partial charge in [0.2, 0.25) is 5.95 Å². The van der Waals surface area contributed by atoms with E-state index < -0.39 is 5.60 Å². The molecule has 2 aliphatic rings. The molecule has 0 radical (unpaired) electrons. The van der Waals surface area contributed by atoms with Gasteiger partial charge in [0.05, 0.1) is 16.3 Å². The van der Waals surface area contributed by atoms with E-state index in [9.17, 15) is 9.18 Å². The average Bonchev–Trinajstić information content (AvgIpc) is 3.35. The quantitative estimate of drug-likeness (QED) is 0.414. The SMILES string of the molecule is CC(C)(C)OC(=O)N1CCN(c2nc(-c3ccc(F)cc3)c(-c3ccnc(NC4CCCCC4)n3)s2)CC1. The number of hydrogen-bond donors (Lipinski definition) is 1. The van der Waals surface area contributed by atoms with Gasteiger partial charge in [-0.3, -0.25) is 0 Å². The lowest BCUT2D eigenvalue weighted by Gasteiger charge is -2.35. The van der Waals surface area contributed by atoms with Gasteiger partial charge in [0.25, 0.3) is 0 Å². The fraction of sp³-hybridized carbons (Fsp3) is 0.500. The topological polar surface area (TPSA) is 83.5 Å². The van der Waals surface area contributed by atoms with Crippen molar-refractivity contribution >= 4 is 28.5 Å². The number of nitrogens with one attached hydrogen (secondary N) is 1. The number of ether oxygens (including phenoxy) is 1. The predicted molar refractivity (Wildman–Crippen MR) is 149 cm³/mol. The molecule has 1 saturated heterocycles. The van der Waals surface area contributed by atoms with Crippen molar-refractivity contribution in [2.75, 3.05) is 36.4 Å². The van der Waals surface area contributed by atoms with Crippen LogP contribution in [0.1, 0.15) is 52.9 Å². The minimum atomic E-state index is -0.523. The largest absolute Gasteiger partial charge is 0.444 e. The molecular weight excluding hydrogens is 503 g/mol. The molecule has 3 heterocycles. The van der Waals surface area contributed by atoms with Gasteiger partial charge in [0.1, 0.15) is 11.4 Å². The summed E-state index contributed by atoms with van der Waals surface area (Å²) in [5.74, 6) is 0.338. The van der Waals surface area contributed by atoms with E-state index in [1.165, 1.54) is 31.4 Å². The van der Waals surface area contributed by atoms with E-state index in [0.717, 1.165) is 39.8 Å². The normalized spacial score (nSPS) is 16.9. The highest BCUT2D eigenvalue weighted by Gasteiger charge is 2.28. The zero-order valence-electron chi connectivity index (χ0n) is 22.2. The Morgan fingerprint density at radius 1 is 1.03 bits per heavy atom. The van der Waals surface area contributed by atoms with Crippen molar-refractivity contribution < 1.29 is 13.9 Å². The molecule has 0 bridgehead atoms. The van der Waals surface area contributed by atoms with Gasteiger partial charge in [-0.1, -0.05) is 30.6 Å². The lowest BCUT2D eigenvalue weighted by Crippen LogP contribution is -2.50. The third-order valence-corrected chi connectivity index (χ3v) is 7.90. The van der Waals surface area contributed by atoms with E-state index in [2.05, 4.69) is 15.2 Å². The van der Waals surface area contributed by atoms with Gasteiger partial charge >= 0.3 is 6.09 Å². The first-order valence-corrected chi connectivity index (χ1v) is 14.2. The molecule has 1 amide bonds. The van der Waals surface area contributed by atoms with Crippen molar-refractivity contribution in [3.8, 4) is 21.8 Å². The van der Waals surface area contributed by atoms with Crippen molar-refractivity contribution in [3.05, 3.63) is 42.3 Å². The summed E-state index contributed by atoms with van der Waals surface area (Å²) < 4.78 is 19.2. The summed E-state index contributed by atoms with van der Waals surface area (Å²) in [7, 11) is 0. The van der Waals surface area contributed by atoms with Crippen molar-refractivity contribution in [3.63, 3.8) is 0 Å². The molecule has 3 aromatic rings. The summed E-state index contributed by atoms with van der Waals surface area (Å²) in [5.41, 5.74) is 1.86. The number of benzene rings is 1. The molecule has 0 spiro atoms. The Morgan fingerprint density at radius 3 is 2.42 bits per heavy atom. The Bertz CT molecular complexity index is 1240. The Balaban J connectivity index is 1.39. The molecule has 1 N–H and O–H groups in total. The number of anilines is 2. The molecule has 1 aliphatic carbocycles. The van der Waals surface area contributed by atoms with Crippen molar-refractivity contribution in [2.24, 2.45) is 0 Å². The highest BCUT2D eigenvalue weighted by atomic mass is 32.1. The van der Waals surface area contributed by atoms with E-state index in [1.807, 2.05) is 26.8 Å². The van der Waals surface area contributed by atoms with Crippen LogP contribution >= 0.6 is 11.3 Å². The van der Waals surface area contributed by atoms with Gasteiger partial charge in [-0.25, -0.2) is 24.1 Å². The Kier molecular flexibility index (Phi) is 7.78. The van der Waals surface area contributed by atoms with Crippen LogP contribution in [0.5, 0.6) is 0 Å². The molecule has 8 nitrogen and oxygen atoms in total. The molecule has 5 rings (SSSR count). The fourth-order valence-electron chi connectivity index (χ4n) is 4.81. The van der Waals surface area contributed by atoms with Gasteiger partial charge in [-0.15, -0.1) is 0 Å². The number of rotatable bonds is 5. The van der Waals surface area contributed by atoms with E-state index in [0.29, 0.717) is 38.2 Å². The summed E-state index contributed by atoms with van der Waals surface area (Å²) in [5, 5.41) is 4.36. The molecule has 2 fully saturated rings. The summed E-state index contributed by atoms with van der Waals surface area (Å²) in [6, 6.07) is 8.70. The molecule has 2 aromatic heterocycles. The van der Waals surface area contributed by atoms with E-state index in [1.54, 1.807) is 34.6 Å². The van der Waals surface area contributed by atoms with Gasteiger partial charge in [0, 0.05) is 44.0 Å². The first kappa shape index (κ1) is 26.3. The number of aromatic nitrogens is 3. The van der Waals surface area contributed by atoms with Crippen LogP contribution in [0.4, 0.5) is 20.3 Å². The number of hydrogen-bond acceptors (Lipinski definition) is 8. The number of piperazine rings is 1. The maximum atomic E-state index is 13.7. The third kappa shape index (κ3) is 6.40. The van der Waals surface area contributed by atoms with Gasteiger partial charge < -0.3 is 19.9 Å². The highest BCUT2D eigenvalue weighted by Crippen LogP contribution is 2.40. The van der Waals surface area contributed by atoms with E-state index >= 15 is 0 Å². The molecule has 0 unspecified atom stereocenters. The standard InChI is InChI=1S/C28H35FN6O2S/c1-28(2,3)37-27(36)35-17-15-34(16-18-35)26-33-23(19-9-11-20(29)12-10-19)24(38-26)22-13-14-30-25(32-22)31-21-7-5-4-6-8-21/h9-14,21H,4-8,15-18H2,1-3H3,(H,30,31,32). The second-order valence-corrected chi connectivity index (χ2v) is 11.9. The maximum absolute atomic E-state index is 13.7. The van der Waals surface area contributed by atoms with Crippen LogP contribution in [-0.4, -0.2) is 63.8 Å². The summed E-state index contributed by atoms with van der Waals surface area (Å²) in [6.45, 7) is 8.02. The van der Waals surface area contributed by atoms with E-state index in [4.69, 9.17) is 14.7 Å². The van der Waals surface area contributed by atoms with Crippen LogP contribution in [0, 0.1) is 5.82 Å². The van der Waals surface area contributed by atoms with Crippen LogP contribution in [0.3, 0.4) is 0 Å². The lowest BCUT2D eigenvalue weighted by atomic mass is 9.96. The Hall–Kier alpha value is -3.27. The first-order valence-electron chi connectivity index (χ1n) is 13.3. The monoisotopic (exact) mass is 538 g/mol. The van der Waals surface area contributed by atoms with Crippen molar-refractivity contribution in [2.45, 2.75) is 64.5 Å². The van der Waals surface area contributed by atoms with Crippen molar-refractivity contribution in [1.29, 1.82) is 0 Å². The Labute approximate surface area is 227 Å². The number of thiazole rings is 1. The summed E-state index contributed by atoms with van der Waals surface area (Å²) in [6.07, 6.45) is 7.50. The number of carbonyl (C=O) groups is 1. The van der Waals surface area contributed by atoms with E-state index in [-0.39, 0.29) is 11.9 Å². The van der Waals surface area contributed by atoms with Gasteiger partial charge in [-0.05, 0) is 63.9 Å². The summed E-state index contributed by atoms with van der Waals surface area (Å²) in [4.78, 5) is 31.7. The first-order chi connectivity index (χ1) is 18.2. The van der Waals surface area contributed by atoms with Crippen LogP contribution < -0.4 is 10.2 Å². The van der Waals surface area contributed by atoms with Crippen molar-refractivity contribution in [1.82, 2.24) is 19.9 Å². The fourth-order valence-corrected chi connectivity index (χ4v) is 5.92. The third-order valence-electron chi connectivity index (χ3n) is 6.76. The molecule has 202 valence electrons. The molecule has 0 atom stereocenters. The highest BCUT2D eigenvalue weighted by molar-refractivity contribution is 7.19. The number of halogens is 1. The van der Waals surface area contributed by atoms with Crippen LogP contribution in [0.2, 0.25) is 0 Å². The number of amides is 1. The second-order valence-electron chi connectivity index (χ2n) is 10.9. The maximum Gasteiger partial charge on any atom is 0.410 e. The molecule has 38 heavy (non-hydrogen) atoms. The van der Waals surface area contributed by atoms with Gasteiger partial charge in [-0.2, -0.15) is 0 Å². The van der Waals surface area contributed by atoms with Gasteiger partial charge in [0.15, 0.2) is 5.13 Å². The predicted octanol–water partition coefficient (Wildman–Crippen LogP) is 6.21. The average molecular weight is 539 g/mol. The molecule has 1 aromatic carbocycles. The Morgan fingerprint density at radius 2 is 1.74 bits per heavy atom. The minimum absolute atomic E-state index is 0.287. The van der Waals surface area contributed by atoms with Crippen LogP contribution in [0.25, 0.3) is 21.8 Å². The molecular formula is C28H35FN6O2S. The zero-order valence-corrected chi connectivity index (χ0v) is 23.1. The van der Waals surface area contributed by atoms with Crippen LogP contribution in [-0.2, 0) is 4.74 Å².